The molecular weight excluding hydrogens is 590 g/mol. The molecule has 2 rings (SSSR count). The van der Waals surface area contributed by atoms with Crippen LogP contribution in [0.25, 0.3) is 0 Å². The van der Waals surface area contributed by atoms with E-state index in [-0.39, 0.29) is 54.3 Å². The molecule has 2 fully saturated rings. The molecule has 45 heavy (non-hydrogen) atoms. The van der Waals surface area contributed by atoms with Crippen LogP contribution >= 0.6 is 11.8 Å². The first kappa shape index (κ1) is 39.1. The Kier molecular flexibility index (Phi) is 15.4. The number of hydrogen-bond donors (Lipinski definition) is 3. The lowest BCUT2D eigenvalue weighted by Gasteiger charge is -2.41. The highest BCUT2D eigenvalue weighted by Gasteiger charge is 2.40. The average Bonchev–Trinajstić information content (AvgIpc) is 3.48. The van der Waals surface area contributed by atoms with Crippen molar-refractivity contribution in [2.45, 2.75) is 130 Å². The molecule has 0 unspecified atom stereocenters. The molecule has 2 aliphatic rings. The van der Waals surface area contributed by atoms with Crippen molar-refractivity contribution >= 4 is 35.4 Å². The van der Waals surface area contributed by atoms with Crippen LogP contribution in [0.15, 0.2) is 11.6 Å². The van der Waals surface area contributed by atoms with Crippen LogP contribution in [0.5, 0.6) is 0 Å². The number of hydrogen-bond acceptors (Lipinski definition) is 7. The van der Waals surface area contributed by atoms with E-state index in [0.717, 1.165) is 38.0 Å². The molecular formula is C34H61N5O5S. The van der Waals surface area contributed by atoms with Gasteiger partial charge in [-0.1, -0.05) is 47.1 Å². The summed E-state index contributed by atoms with van der Waals surface area (Å²) in [7, 11) is 1.74. The van der Waals surface area contributed by atoms with Crippen molar-refractivity contribution in [3.63, 3.8) is 0 Å². The van der Waals surface area contributed by atoms with Crippen LogP contribution in [-0.4, -0.2) is 118 Å². The van der Waals surface area contributed by atoms with Crippen LogP contribution in [0, 0.1) is 11.3 Å². The summed E-state index contributed by atoms with van der Waals surface area (Å²) < 4.78 is 0. The zero-order valence-corrected chi connectivity index (χ0v) is 30.3. The number of thioether (sulfide) groups is 1. The van der Waals surface area contributed by atoms with E-state index in [1.165, 1.54) is 0 Å². The second kappa shape index (κ2) is 17.7. The summed E-state index contributed by atoms with van der Waals surface area (Å²) in [4.78, 5) is 60.1. The number of piperidine rings is 1. The summed E-state index contributed by atoms with van der Waals surface area (Å²) in [5.41, 5.74) is -0.0624. The lowest BCUT2D eigenvalue weighted by Crippen LogP contribution is -2.60. The molecule has 0 saturated carbocycles. The predicted octanol–water partition coefficient (Wildman–Crippen LogP) is 3.43. The maximum Gasteiger partial charge on any atom is 0.249 e. The Labute approximate surface area is 276 Å². The fourth-order valence-electron chi connectivity index (χ4n) is 6.45. The second-order valence-electron chi connectivity index (χ2n) is 14.5. The lowest BCUT2D eigenvalue weighted by molar-refractivity contribution is -0.142. The SMILES string of the molecule is CSCC[C@@H](CO)NC(=O)[C@@H]1CCCN1C(=O)/C(C)=C/[C@H](C(C)C)N(C)C(=O)[C@@H](NC(=O)[C@H]1CCCCN1C(C)C)C(C)(C)C. The van der Waals surface area contributed by atoms with Gasteiger partial charge in [-0.15, -0.1) is 0 Å². The highest BCUT2D eigenvalue weighted by molar-refractivity contribution is 7.98. The van der Waals surface area contributed by atoms with E-state index < -0.39 is 23.5 Å². The van der Waals surface area contributed by atoms with Gasteiger partial charge in [-0.2, -0.15) is 11.8 Å². The van der Waals surface area contributed by atoms with Gasteiger partial charge in [0.15, 0.2) is 0 Å². The third-order valence-electron chi connectivity index (χ3n) is 9.20. The van der Waals surface area contributed by atoms with Crippen molar-refractivity contribution in [1.29, 1.82) is 0 Å². The minimum absolute atomic E-state index is 0.00721. The van der Waals surface area contributed by atoms with Crippen LogP contribution < -0.4 is 10.6 Å². The molecule has 2 saturated heterocycles. The molecule has 0 aliphatic carbocycles. The van der Waals surface area contributed by atoms with Crippen molar-refractivity contribution in [2.24, 2.45) is 11.3 Å². The molecule has 0 aromatic carbocycles. The maximum atomic E-state index is 14.1. The van der Waals surface area contributed by atoms with E-state index in [9.17, 15) is 24.3 Å². The zero-order chi connectivity index (χ0) is 34.1. The molecule has 5 atom stereocenters. The van der Waals surface area contributed by atoms with Crippen LogP contribution in [0.3, 0.4) is 0 Å². The number of amides is 4. The first-order valence-corrected chi connectivity index (χ1v) is 18.2. The maximum absolute atomic E-state index is 14.1. The van der Waals surface area contributed by atoms with Crippen molar-refractivity contribution in [1.82, 2.24) is 25.3 Å². The monoisotopic (exact) mass is 651 g/mol. The highest BCUT2D eigenvalue weighted by atomic mass is 32.2. The third kappa shape index (κ3) is 10.7. The normalized spacial score (nSPS) is 21.9. The number of carbonyl (C=O) groups is 4. The first-order chi connectivity index (χ1) is 21.0. The summed E-state index contributed by atoms with van der Waals surface area (Å²) in [6.07, 6.45) is 8.59. The Balaban J connectivity index is 2.24. The molecule has 4 amide bonds. The fourth-order valence-corrected chi connectivity index (χ4v) is 6.97. The van der Waals surface area contributed by atoms with Gasteiger partial charge in [0.2, 0.25) is 23.6 Å². The highest BCUT2D eigenvalue weighted by Crippen LogP contribution is 2.27. The standard InChI is InChI=1S/C34H61N5O5S/c1-22(2)28(20-24(5)32(43)39-18-13-15-27(39)30(41)35-25(21-40)16-19-45-10)37(9)33(44)29(34(6,7)8)36-31(42)26-14-11-12-17-38(26)23(3)4/h20,22-23,25-29,40H,11-19,21H2,1-10H3,(H,35,41)(H,36,42)/b24-20+/t25-,26+,27-,28+,29+/m0/s1. The molecule has 258 valence electrons. The van der Waals surface area contributed by atoms with Gasteiger partial charge in [0, 0.05) is 25.2 Å². The van der Waals surface area contributed by atoms with Gasteiger partial charge < -0.3 is 25.5 Å². The Morgan fingerprint density at radius 1 is 0.978 bits per heavy atom. The molecule has 10 nitrogen and oxygen atoms in total. The number of nitrogens with one attached hydrogen (secondary N) is 2. The smallest absolute Gasteiger partial charge is 0.249 e. The van der Waals surface area contributed by atoms with Gasteiger partial charge in [-0.25, -0.2) is 0 Å². The van der Waals surface area contributed by atoms with E-state index in [1.54, 1.807) is 35.5 Å². The van der Waals surface area contributed by atoms with E-state index in [0.29, 0.717) is 25.0 Å². The van der Waals surface area contributed by atoms with Crippen LogP contribution in [-0.2, 0) is 19.2 Å². The molecule has 11 heteroatoms. The van der Waals surface area contributed by atoms with Crippen molar-refractivity contribution < 1.29 is 24.3 Å². The molecule has 0 aromatic heterocycles. The van der Waals surface area contributed by atoms with E-state index in [4.69, 9.17) is 0 Å². The minimum Gasteiger partial charge on any atom is -0.394 e. The molecule has 0 aromatic rings. The topological polar surface area (TPSA) is 122 Å². The molecule has 2 aliphatic heterocycles. The van der Waals surface area contributed by atoms with Crippen molar-refractivity contribution in [3.05, 3.63) is 11.6 Å². The molecule has 0 radical (unpaired) electrons. The van der Waals surface area contributed by atoms with Gasteiger partial charge in [0.25, 0.3) is 0 Å². The van der Waals surface area contributed by atoms with E-state index in [1.807, 2.05) is 47.0 Å². The van der Waals surface area contributed by atoms with Crippen molar-refractivity contribution in [3.8, 4) is 0 Å². The van der Waals surface area contributed by atoms with Gasteiger partial charge >= 0.3 is 0 Å². The summed E-state index contributed by atoms with van der Waals surface area (Å²) in [6, 6.07) is -2.09. The molecule has 0 bridgehead atoms. The van der Waals surface area contributed by atoms with Crippen LogP contribution in [0.4, 0.5) is 0 Å². The van der Waals surface area contributed by atoms with Crippen LogP contribution in [0.2, 0.25) is 0 Å². The molecule has 2 heterocycles. The number of nitrogens with zero attached hydrogens (tertiary/aromatic N) is 3. The summed E-state index contributed by atoms with van der Waals surface area (Å²) >= 11 is 1.65. The Bertz CT molecular complexity index is 1040. The number of likely N-dealkylation sites (N-methyl/N-ethyl adjacent to an activating group) is 1. The van der Waals surface area contributed by atoms with Crippen LogP contribution in [0.1, 0.15) is 93.9 Å². The Morgan fingerprint density at radius 2 is 1.60 bits per heavy atom. The largest absolute Gasteiger partial charge is 0.394 e. The second-order valence-corrected chi connectivity index (χ2v) is 15.5. The van der Waals surface area contributed by atoms with Crippen molar-refractivity contribution in [2.75, 3.05) is 38.8 Å². The average molecular weight is 652 g/mol. The number of aliphatic hydroxyl groups excluding tert-OH is 1. The molecule has 3 N–H and O–H groups in total. The fraction of sp³-hybridized carbons (Fsp3) is 0.824. The summed E-state index contributed by atoms with van der Waals surface area (Å²) in [5, 5.41) is 15.8. The van der Waals surface area contributed by atoms with Gasteiger partial charge in [-0.3, -0.25) is 24.1 Å². The number of aliphatic hydroxyl groups is 1. The first-order valence-electron chi connectivity index (χ1n) is 16.8. The zero-order valence-electron chi connectivity index (χ0n) is 29.5. The minimum atomic E-state index is -0.742. The van der Waals surface area contributed by atoms with Gasteiger partial charge in [-0.05, 0) is 82.8 Å². The predicted molar refractivity (Wildman–Crippen MR) is 183 cm³/mol. The third-order valence-corrected chi connectivity index (χ3v) is 9.84. The number of carbonyl (C=O) groups excluding carboxylic acids is 4. The van der Waals surface area contributed by atoms with E-state index in [2.05, 4.69) is 29.4 Å². The quantitative estimate of drug-likeness (QED) is 0.246. The lowest BCUT2D eigenvalue weighted by atomic mass is 9.84. The van der Waals surface area contributed by atoms with Gasteiger partial charge in [0.1, 0.15) is 12.1 Å². The van der Waals surface area contributed by atoms with Gasteiger partial charge in [0.05, 0.1) is 24.7 Å². The Morgan fingerprint density at radius 3 is 2.16 bits per heavy atom. The Hall–Kier alpha value is -2.11. The summed E-state index contributed by atoms with van der Waals surface area (Å²) in [6.45, 7) is 17.0. The number of rotatable bonds is 14. The number of likely N-dealkylation sites (tertiary alicyclic amines) is 2. The van der Waals surface area contributed by atoms with E-state index >= 15 is 0 Å². The summed E-state index contributed by atoms with van der Waals surface area (Å²) in [5.74, 6) is 0.0438. The molecule has 0 spiro atoms.